The number of ketones is 1. The molecule has 0 aromatic carbocycles. The summed E-state index contributed by atoms with van der Waals surface area (Å²) in [6.45, 7) is 13.0. The van der Waals surface area contributed by atoms with Crippen LogP contribution in [-0.2, 0) is 19.2 Å². The molecule has 5 atom stereocenters. The molecule has 2 saturated carbocycles. The zero-order valence-corrected chi connectivity index (χ0v) is 24.0. The van der Waals surface area contributed by atoms with Gasteiger partial charge in [0.15, 0.2) is 0 Å². The topological polar surface area (TPSA) is 136 Å². The molecule has 0 aromatic rings. The number of Topliss-reactive ketones (excluding diaryl/α,β-unsaturated/α-hetero) is 1. The molecule has 4 amide bonds. The third kappa shape index (κ3) is 6.49. The normalized spacial score (nSPS) is 24.8. The summed E-state index contributed by atoms with van der Waals surface area (Å²) in [5, 5.41) is 15.7. The molecule has 0 radical (unpaired) electrons. The highest BCUT2D eigenvalue weighted by molar-refractivity contribution is 6.38. The highest BCUT2D eigenvalue weighted by Gasteiger charge is 2.54. The number of fused-ring (bicyclic) bond motifs is 1. The number of likely N-dealkylation sites (tertiary alicyclic amines) is 1. The molecule has 38 heavy (non-hydrogen) atoms. The number of rotatable bonds is 9. The zero-order valence-electron chi connectivity index (χ0n) is 24.0. The maximum Gasteiger partial charge on any atom is 0.408 e. The number of carboxylic acid groups (broad SMARTS) is 1. The van der Waals surface area contributed by atoms with Crippen LogP contribution in [-0.4, -0.2) is 80.8 Å². The number of nitrogens with zero attached hydrogens (tertiary/aromatic N) is 2. The molecular weight excluding hydrogens is 488 g/mol. The van der Waals surface area contributed by atoms with Gasteiger partial charge in [-0.3, -0.25) is 24.1 Å². The van der Waals surface area contributed by atoms with E-state index in [1.54, 1.807) is 25.7 Å². The molecule has 0 bridgehead atoms. The van der Waals surface area contributed by atoms with Crippen LogP contribution in [0.25, 0.3) is 0 Å². The first-order valence-corrected chi connectivity index (χ1v) is 14.1. The van der Waals surface area contributed by atoms with Crippen molar-refractivity contribution in [1.29, 1.82) is 0 Å². The van der Waals surface area contributed by atoms with Crippen molar-refractivity contribution < 1.29 is 29.1 Å². The molecule has 3 N–H and O–H groups in total. The lowest BCUT2D eigenvalue weighted by Gasteiger charge is -2.46. The van der Waals surface area contributed by atoms with Gasteiger partial charge in [-0.25, -0.2) is 4.79 Å². The smallest absolute Gasteiger partial charge is 0.408 e. The fraction of sp³-hybridized carbons (Fsp3) is 0.821. The molecular formula is C28H46N4O6. The molecule has 214 valence electrons. The van der Waals surface area contributed by atoms with Gasteiger partial charge in [-0.2, -0.15) is 0 Å². The lowest BCUT2D eigenvalue weighted by Crippen LogP contribution is -2.64. The minimum atomic E-state index is -1.19. The Morgan fingerprint density at radius 1 is 1.00 bits per heavy atom. The highest BCUT2D eigenvalue weighted by atomic mass is 16.4. The summed E-state index contributed by atoms with van der Waals surface area (Å²) < 4.78 is 0. The number of nitrogens with one attached hydrogen (secondary N) is 2. The van der Waals surface area contributed by atoms with Gasteiger partial charge in [0.05, 0.1) is 6.04 Å². The van der Waals surface area contributed by atoms with Crippen molar-refractivity contribution in [3.63, 3.8) is 0 Å². The molecule has 10 heteroatoms. The van der Waals surface area contributed by atoms with E-state index in [4.69, 9.17) is 0 Å². The number of carbonyl (C=O) groups excluding carboxylic acids is 4. The number of amides is 4. The fourth-order valence-corrected chi connectivity index (χ4v) is 6.14. The molecule has 3 aliphatic rings. The van der Waals surface area contributed by atoms with E-state index in [1.165, 1.54) is 4.90 Å². The highest BCUT2D eigenvalue weighted by Crippen LogP contribution is 2.44. The molecule has 0 aromatic heterocycles. The lowest BCUT2D eigenvalue weighted by atomic mass is 9.82. The largest absolute Gasteiger partial charge is 0.465 e. The third-order valence-corrected chi connectivity index (χ3v) is 8.03. The van der Waals surface area contributed by atoms with Crippen LogP contribution < -0.4 is 10.6 Å². The zero-order chi connectivity index (χ0) is 28.6. The predicted octanol–water partition coefficient (Wildman–Crippen LogP) is 2.94. The van der Waals surface area contributed by atoms with Gasteiger partial charge in [0.25, 0.3) is 5.91 Å². The second-order valence-electron chi connectivity index (χ2n) is 13.3. The summed E-state index contributed by atoms with van der Waals surface area (Å²) in [5.41, 5.74) is -1.58. The van der Waals surface area contributed by atoms with Crippen LogP contribution >= 0.6 is 0 Å². The van der Waals surface area contributed by atoms with Gasteiger partial charge in [0.2, 0.25) is 17.6 Å². The Labute approximate surface area is 226 Å². The number of hydrogen-bond acceptors (Lipinski definition) is 5. The molecule has 0 spiro atoms. The van der Waals surface area contributed by atoms with E-state index >= 15 is 0 Å². The molecule has 1 aliphatic heterocycles. The van der Waals surface area contributed by atoms with Crippen molar-refractivity contribution in [1.82, 2.24) is 20.4 Å². The molecule has 4 unspecified atom stereocenters. The second-order valence-corrected chi connectivity index (χ2v) is 13.3. The minimum Gasteiger partial charge on any atom is -0.465 e. The molecule has 10 nitrogen and oxygen atoms in total. The minimum absolute atomic E-state index is 0.0287. The maximum atomic E-state index is 14.2. The third-order valence-electron chi connectivity index (χ3n) is 8.03. The fourth-order valence-electron chi connectivity index (χ4n) is 6.14. The molecule has 3 fully saturated rings. The summed E-state index contributed by atoms with van der Waals surface area (Å²) in [5.74, 6) is -2.10. The summed E-state index contributed by atoms with van der Waals surface area (Å²) in [6.07, 6.45) is 4.04. The van der Waals surface area contributed by atoms with Gasteiger partial charge in [-0.15, -0.1) is 0 Å². The van der Waals surface area contributed by atoms with Crippen molar-refractivity contribution >= 4 is 29.6 Å². The van der Waals surface area contributed by atoms with E-state index < -0.39 is 58.7 Å². The van der Waals surface area contributed by atoms with Gasteiger partial charge in [-0.1, -0.05) is 40.5 Å². The Morgan fingerprint density at radius 2 is 1.63 bits per heavy atom. The van der Waals surface area contributed by atoms with Gasteiger partial charge < -0.3 is 20.6 Å². The van der Waals surface area contributed by atoms with Crippen LogP contribution in [0.5, 0.6) is 0 Å². The van der Waals surface area contributed by atoms with E-state index in [0.29, 0.717) is 19.4 Å². The predicted molar refractivity (Wildman–Crippen MR) is 142 cm³/mol. The Morgan fingerprint density at radius 3 is 2.13 bits per heavy atom. The van der Waals surface area contributed by atoms with Crippen LogP contribution in [0.4, 0.5) is 4.79 Å². The van der Waals surface area contributed by atoms with Crippen LogP contribution in [0.3, 0.4) is 0 Å². The van der Waals surface area contributed by atoms with E-state index in [9.17, 15) is 29.1 Å². The van der Waals surface area contributed by atoms with Crippen molar-refractivity contribution in [2.24, 2.45) is 17.3 Å². The average molecular weight is 535 g/mol. The van der Waals surface area contributed by atoms with E-state index in [0.717, 1.165) is 32.1 Å². The number of hydrogen-bond donors (Lipinski definition) is 3. The van der Waals surface area contributed by atoms with E-state index in [1.807, 2.05) is 27.7 Å². The summed E-state index contributed by atoms with van der Waals surface area (Å²) in [4.78, 5) is 68.6. The van der Waals surface area contributed by atoms with E-state index in [2.05, 4.69) is 10.6 Å². The van der Waals surface area contributed by atoms with Crippen molar-refractivity contribution in [3.05, 3.63) is 0 Å². The van der Waals surface area contributed by atoms with Crippen LogP contribution in [0.15, 0.2) is 0 Å². The molecule has 1 saturated heterocycles. The quantitative estimate of drug-likeness (QED) is 0.389. The van der Waals surface area contributed by atoms with Gasteiger partial charge >= 0.3 is 6.09 Å². The molecule has 3 rings (SSSR count). The van der Waals surface area contributed by atoms with Crippen molar-refractivity contribution in [2.75, 3.05) is 6.54 Å². The lowest BCUT2D eigenvalue weighted by molar-refractivity contribution is -0.149. The monoisotopic (exact) mass is 534 g/mol. The van der Waals surface area contributed by atoms with Gasteiger partial charge in [0, 0.05) is 18.1 Å². The van der Waals surface area contributed by atoms with Gasteiger partial charge in [0.1, 0.15) is 12.1 Å². The Hall–Kier alpha value is -2.65. The number of carbonyl (C=O) groups is 5. The average Bonchev–Trinajstić information content (AvgIpc) is 3.35. The SMILES string of the molecule is CCCC(NC(=O)C1C2CCCC2CN1C(=O)[C@@H](N(C(=O)O)C(C)(C)C)C(C)(C)C)C(=O)C(=O)NC1CC1. The summed E-state index contributed by atoms with van der Waals surface area (Å²) in [7, 11) is 0. The van der Waals surface area contributed by atoms with E-state index in [-0.39, 0.29) is 17.9 Å². The molecule has 2 aliphatic carbocycles. The second kappa shape index (κ2) is 11.2. The van der Waals surface area contributed by atoms with Gasteiger partial charge in [-0.05, 0) is 70.1 Å². The summed E-state index contributed by atoms with van der Waals surface area (Å²) in [6, 6.07) is -2.76. The van der Waals surface area contributed by atoms with Crippen molar-refractivity contribution in [3.8, 4) is 0 Å². The van der Waals surface area contributed by atoms with Crippen molar-refractivity contribution in [2.45, 2.75) is 123 Å². The Balaban J connectivity index is 1.90. The Kier molecular flexibility index (Phi) is 8.83. The van der Waals surface area contributed by atoms with Crippen LogP contribution in [0, 0.1) is 17.3 Å². The first kappa shape index (κ1) is 29.9. The van der Waals surface area contributed by atoms with Crippen LogP contribution in [0.2, 0.25) is 0 Å². The first-order valence-electron chi connectivity index (χ1n) is 14.1. The maximum absolute atomic E-state index is 14.2. The van der Waals surface area contributed by atoms with Crippen LogP contribution in [0.1, 0.15) is 93.4 Å². The molecule has 1 heterocycles. The first-order chi connectivity index (χ1) is 17.6. The Bertz CT molecular complexity index is 948. The summed E-state index contributed by atoms with van der Waals surface area (Å²) >= 11 is 0. The standard InChI is InChI=1S/C28H46N4O6/c1-8-10-19(21(33)24(35)29-17-13-14-17)30-23(34)20-18-12-9-11-16(18)15-31(20)25(36)22(27(2,3)4)32(26(37)38)28(5,6)7/h16-20,22H,8-15H2,1-7H3,(H,29,35)(H,30,34)(H,37,38)/t16?,18?,19?,20?,22-/m1/s1.